The van der Waals surface area contributed by atoms with Crippen LogP contribution in [0.2, 0.25) is 0 Å². The van der Waals surface area contributed by atoms with Gasteiger partial charge in [-0.05, 0) is 11.5 Å². The number of hydrogen-bond donors (Lipinski definition) is 0. The molecule has 0 aliphatic heterocycles. The summed E-state index contributed by atoms with van der Waals surface area (Å²) >= 11 is 1.54. The summed E-state index contributed by atoms with van der Waals surface area (Å²) in [5, 5.41) is 20.5. The second-order valence-electron chi connectivity index (χ2n) is 6.39. The maximum Gasteiger partial charge on any atom is 0.269 e. The molecule has 0 N–H and O–H groups in total. The van der Waals surface area contributed by atoms with Crippen LogP contribution in [0.25, 0.3) is 11.4 Å². The Bertz CT molecular complexity index is 894. The van der Waals surface area contributed by atoms with Crippen LogP contribution in [0.4, 0.5) is 5.69 Å². The van der Waals surface area contributed by atoms with Crippen molar-refractivity contribution in [2.24, 2.45) is 5.92 Å². The highest BCUT2D eigenvalue weighted by molar-refractivity contribution is 7.98. The summed E-state index contributed by atoms with van der Waals surface area (Å²) in [4.78, 5) is 10.6. The molecule has 2 aromatic carbocycles. The van der Waals surface area contributed by atoms with Crippen molar-refractivity contribution in [2.75, 3.05) is 0 Å². The standard InChI is InChI=1S/C19H20N4O2S/c1-14(2)12-22-18(16-8-4-3-5-9-16)20-21-19(22)26-13-15-7-6-10-17(11-15)23(24)25/h3-11,14H,12-13H2,1-2H3. The zero-order chi connectivity index (χ0) is 18.5. The van der Waals surface area contributed by atoms with Gasteiger partial charge in [-0.25, -0.2) is 0 Å². The molecule has 0 radical (unpaired) electrons. The van der Waals surface area contributed by atoms with Crippen molar-refractivity contribution in [1.29, 1.82) is 0 Å². The van der Waals surface area contributed by atoms with E-state index in [1.165, 1.54) is 6.07 Å². The van der Waals surface area contributed by atoms with Crippen molar-refractivity contribution in [3.05, 3.63) is 70.3 Å². The van der Waals surface area contributed by atoms with Crippen molar-refractivity contribution < 1.29 is 4.92 Å². The van der Waals surface area contributed by atoms with Crippen LogP contribution in [0.1, 0.15) is 19.4 Å². The van der Waals surface area contributed by atoms with Crippen LogP contribution < -0.4 is 0 Å². The third kappa shape index (κ3) is 4.29. The minimum atomic E-state index is -0.372. The maximum absolute atomic E-state index is 10.9. The van der Waals surface area contributed by atoms with E-state index < -0.39 is 0 Å². The van der Waals surface area contributed by atoms with E-state index in [1.807, 2.05) is 36.4 Å². The molecule has 3 aromatic rings. The third-order valence-electron chi connectivity index (χ3n) is 3.79. The molecule has 26 heavy (non-hydrogen) atoms. The fourth-order valence-electron chi connectivity index (χ4n) is 2.63. The van der Waals surface area contributed by atoms with Crippen molar-refractivity contribution in [3.63, 3.8) is 0 Å². The summed E-state index contributed by atoms with van der Waals surface area (Å²) in [5.74, 6) is 1.90. The van der Waals surface area contributed by atoms with Crippen molar-refractivity contribution in [1.82, 2.24) is 14.8 Å². The molecular weight excluding hydrogens is 348 g/mol. The first-order valence-corrected chi connectivity index (χ1v) is 9.38. The summed E-state index contributed by atoms with van der Waals surface area (Å²) < 4.78 is 2.13. The topological polar surface area (TPSA) is 73.8 Å². The molecule has 1 aromatic heterocycles. The molecule has 6 nitrogen and oxygen atoms in total. The summed E-state index contributed by atoms with van der Waals surface area (Å²) in [5.41, 5.74) is 2.03. The zero-order valence-electron chi connectivity index (χ0n) is 14.7. The number of non-ortho nitro benzene ring substituents is 1. The lowest BCUT2D eigenvalue weighted by Gasteiger charge is -2.12. The molecule has 134 valence electrons. The zero-order valence-corrected chi connectivity index (χ0v) is 15.5. The predicted octanol–water partition coefficient (Wildman–Crippen LogP) is 4.80. The summed E-state index contributed by atoms with van der Waals surface area (Å²) in [6.45, 7) is 5.13. The van der Waals surface area contributed by atoms with Gasteiger partial charge in [-0.3, -0.25) is 10.1 Å². The molecule has 0 saturated carbocycles. The minimum absolute atomic E-state index is 0.108. The van der Waals surface area contributed by atoms with E-state index in [1.54, 1.807) is 23.9 Å². The minimum Gasteiger partial charge on any atom is -0.302 e. The van der Waals surface area contributed by atoms with Gasteiger partial charge in [0.15, 0.2) is 11.0 Å². The second kappa shape index (κ2) is 8.14. The van der Waals surface area contributed by atoms with Crippen molar-refractivity contribution >= 4 is 17.4 Å². The number of rotatable bonds is 7. The fourth-order valence-corrected chi connectivity index (χ4v) is 3.52. The fraction of sp³-hybridized carbons (Fsp3) is 0.263. The lowest BCUT2D eigenvalue weighted by atomic mass is 10.2. The average molecular weight is 368 g/mol. The SMILES string of the molecule is CC(C)Cn1c(SCc2cccc([N+](=O)[O-])c2)nnc1-c1ccccc1. The molecule has 0 amide bonds. The second-order valence-corrected chi connectivity index (χ2v) is 7.33. The lowest BCUT2D eigenvalue weighted by Crippen LogP contribution is -2.07. The Kier molecular flexibility index (Phi) is 5.68. The van der Waals surface area contributed by atoms with Gasteiger partial charge in [0.25, 0.3) is 5.69 Å². The van der Waals surface area contributed by atoms with Crippen LogP contribution in [0, 0.1) is 16.0 Å². The van der Waals surface area contributed by atoms with Gasteiger partial charge in [-0.1, -0.05) is 68.1 Å². The Morgan fingerprint density at radius 2 is 1.88 bits per heavy atom. The molecule has 0 bridgehead atoms. The largest absolute Gasteiger partial charge is 0.302 e. The molecule has 0 atom stereocenters. The first-order chi connectivity index (χ1) is 12.5. The molecule has 3 rings (SSSR count). The van der Waals surface area contributed by atoms with Crippen LogP contribution in [0.3, 0.4) is 0 Å². The van der Waals surface area contributed by atoms with Crippen molar-refractivity contribution in [2.45, 2.75) is 31.3 Å². The van der Waals surface area contributed by atoms with Crippen LogP contribution in [-0.4, -0.2) is 19.7 Å². The van der Waals surface area contributed by atoms with Gasteiger partial charge < -0.3 is 4.57 Å². The summed E-state index contributed by atoms with van der Waals surface area (Å²) in [6, 6.07) is 16.7. The van der Waals surface area contributed by atoms with Gasteiger partial charge in [0.1, 0.15) is 0 Å². The van der Waals surface area contributed by atoms with Crippen LogP contribution in [0.5, 0.6) is 0 Å². The van der Waals surface area contributed by atoms with Gasteiger partial charge >= 0.3 is 0 Å². The molecule has 0 spiro atoms. The van der Waals surface area contributed by atoms with E-state index in [2.05, 4.69) is 28.6 Å². The Balaban J connectivity index is 1.84. The normalized spacial score (nSPS) is 11.0. The van der Waals surface area contributed by atoms with Gasteiger partial charge in [-0.15, -0.1) is 10.2 Å². The maximum atomic E-state index is 10.9. The van der Waals surface area contributed by atoms with Crippen LogP contribution >= 0.6 is 11.8 Å². The highest BCUT2D eigenvalue weighted by Crippen LogP contribution is 2.28. The molecule has 0 unspecified atom stereocenters. The number of nitro benzene ring substituents is 1. The highest BCUT2D eigenvalue weighted by atomic mass is 32.2. The van der Waals surface area contributed by atoms with Crippen molar-refractivity contribution in [3.8, 4) is 11.4 Å². The molecular formula is C19H20N4O2S. The van der Waals surface area contributed by atoms with E-state index in [0.717, 1.165) is 28.7 Å². The van der Waals surface area contributed by atoms with E-state index in [9.17, 15) is 10.1 Å². The third-order valence-corrected chi connectivity index (χ3v) is 4.82. The van der Waals surface area contributed by atoms with Gasteiger partial charge in [0.05, 0.1) is 4.92 Å². The van der Waals surface area contributed by atoms with E-state index in [0.29, 0.717) is 11.7 Å². The van der Waals surface area contributed by atoms with E-state index in [4.69, 9.17) is 0 Å². The number of aromatic nitrogens is 3. The quantitative estimate of drug-likeness (QED) is 0.340. The first kappa shape index (κ1) is 18.1. The number of thioether (sulfide) groups is 1. The number of nitro groups is 1. The molecule has 7 heteroatoms. The number of hydrogen-bond acceptors (Lipinski definition) is 5. The van der Waals surface area contributed by atoms with Gasteiger partial charge in [0.2, 0.25) is 0 Å². The lowest BCUT2D eigenvalue weighted by molar-refractivity contribution is -0.384. The Morgan fingerprint density at radius 1 is 1.12 bits per heavy atom. The van der Waals surface area contributed by atoms with E-state index >= 15 is 0 Å². The average Bonchev–Trinajstić information content (AvgIpc) is 3.03. The van der Waals surface area contributed by atoms with Crippen LogP contribution in [-0.2, 0) is 12.3 Å². The first-order valence-electron chi connectivity index (χ1n) is 8.39. The Labute approximate surface area is 156 Å². The predicted molar refractivity (Wildman–Crippen MR) is 103 cm³/mol. The van der Waals surface area contributed by atoms with E-state index in [-0.39, 0.29) is 10.6 Å². The smallest absolute Gasteiger partial charge is 0.269 e. The summed E-state index contributed by atoms with van der Waals surface area (Å²) in [7, 11) is 0. The highest BCUT2D eigenvalue weighted by Gasteiger charge is 2.16. The molecule has 0 fully saturated rings. The Hall–Kier alpha value is -2.67. The number of nitrogens with zero attached hydrogens (tertiary/aromatic N) is 4. The van der Waals surface area contributed by atoms with Gasteiger partial charge in [0, 0.05) is 30.0 Å². The van der Waals surface area contributed by atoms with Gasteiger partial charge in [-0.2, -0.15) is 0 Å². The molecule has 0 aliphatic carbocycles. The monoisotopic (exact) mass is 368 g/mol. The number of benzene rings is 2. The summed E-state index contributed by atoms with van der Waals surface area (Å²) in [6.07, 6.45) is 0. The molecule has 0 saturated heterocycles. The van der Waals surface area contributed by atoms with Crippen LogP contribution in [0.15, 0.2) is 59.8 Å². The molecule has 0 aliphatic rings. The Morgan fingerprint density at radius 3 is 2.58 bits per heavy atom. The molecule has 1 heterocycles.